The van der Waals surface area contributed by atoms with E-state index in [1.54, 1.807) is 13.8 Å². The van der Waals surface area contributed by atoms with E-state index in [0.29, 0.717) is 12.3 Å². The van der Waals surface area contributed by atoms with Crippen LogP contribution in [0.15, 0.2) is 17.3 Å². The second kappa shape index (κ2) is 6.82. The van der Waals surface area contributed by atoms with Gasteiger partial charge < -0.3 is 9.57 Å². The predicted molar refractivity (Wildman–Crippen MR) is 50.6 cm³/mol. The lowest BCUT2D eigenvalue weighted by atomic mass is 10.4. The number of carbonyl (C=O) groups excluding carboxylic acids is 2. The molecule has 0 aromatic heterocycles. The average Bonchev–Trinajstić information content (AvgIpc) is 2.12. The minimum absolute atomic E-state index is 0.323. The van der Waals surface area contributed by atoms with Crippen LogP contribution in [0.25, 0.3) is 0 Å². The first kappa shape index (κ1) is 12.3. The molecule has 0 N–H and O–H groups in total. The van der Waals surface area contributed by atoms with E-state index in [1.165, 1.54) is 19.1 Å². The number of esters is 1. The maximum Gasteiger partial charge on any atom is 0.331 e. The number of oxime groups is 1. The van der Waals surface area contributed by atoms with Crippen molar-refractivity contribution in [3.05, 3.63) is 12.2 Å². The second-order valence-corrected chi connectivity index (χ2v) is 2.40. The average molecular weight is 199 g/mol. The Balaban J connectivity index is 4.03. The van der Waals surface area contributed by atoms with Crippen molar-refractivity contribution in [2.75, 3.05) is 6.61 Å². The molecule has 0 atom stereocenters. The highest BCUT2D eigenvalue weighted by atomic mass is 16.7. The van der Waals surface area contributed by atoms with E-state index in [-0.39, 0.29) is 0 Å². The third-order valence-electron chi connectivity index (χ3n) is 1.07. The number of nitrogens with zero attached hydrogens (tertiary/aromatic N) is 1. The number of hydrogen-bond donors (Lipinski definition) is 0. The molecule has 0 fully saturated rings. The van der Waals surface area contributed by atoms with Gasteiger partial charge in [0.1, 0.15) is 0 Å². The lowest BCUT2D eigenvalue weighted by Crippen LogP contribution is -2.00. The number of allylic oxidation sites excluding steroid dienone is 1. The Morgan fingerprint density at radius 3 is 2.43 bits per heavy atom. The van der Waals surface area contributed by atoms with Crippen molar-refractivity contribution in [3.63, 3.8) is 0 Å². The Labute approximate surface area is 82.4 Å². The third kappa shape index (κ3) is 7.02. The molecule has 0 aliphatic carbocycles. The monoisotopic (exact) mass is 199 g/mol. The van der Waals surface area contributed by atoms with Crippen LogP contribution in [-0.2, 0) is 19.2 Å². The largest absolute Gasteiger partial charge is 0.463 e. The van der Waals surface area contributed by atoms with Gasteiger partial charge in [-0.05, 0) is 19.9 Å². The fraction of sp³-hybridized carbons (Fsp3) is 0.444. The van der Waals surface area contributed by atoms with Crippen molar-refractivity contribution in [2.24, 2.45) is 5.16 Å². The van der Waals surface area contributed by atoms with E-state index >= 15 is 0 Å². The minimum atomic E-state index is -0.506. The van der Waals surface area contributed by atoms with Crippen molar-refractivity contribution < 1.29 is 19.2 Å². The van der Waals surface area contributed by atoms with Crippen LogP contribution >= 0.6 is 0 Å². The molecule has 0 aliphatic heterocycles. The topological polar surface area (TPSA) is 65.0 Å². The standard InChI is InChI=1S/C9H13NO4/c1-4-13-9(12)6-5-7(2)10-14-8(3)11/h5-6H,4H2,1-3H3/b6-5+,10-7+. The third-order valence-corrected chi connectivity index (χ3v) is 1.07. The van der Waals surface area contributed by atoms with Gasteiger partial charge >= 0.3 is 11.9 Å². The number of carbonyl (C=O) groups is 2. The Hall–Kier alpha value is -1.65. The molecule has 78 valence electrons. The molecule has 5 nitrogen and oxygen atoms in total. The molecule has 0 unspecified atom stereocenters. The molecule has 0 rings (SSSR count). The molecule has 0 radical (unpaired) electrons. The smallest absolute Gasteiger partial charge is 0.331 e. The van der Waals surface area contributed by atoms with E-state index in [2.05, 4.69) is 14.7 Å². The summed E-state index contributed by atoms with van der Waals surface area (Å²) in [5.41, 5.74) is 0.410. The maximum atomic E-state index is 10.8. The predicted octanol–water partition coefficient (Wildman–Crippen LogP) is 1.04. The van der Waals surface area contributed by atoms with Crippen LogP contribution in [0.5, 0.6) is 0 Å². The zero-order chi connectivity index (χ0) is 11.0. The van der Waals surface area contributed by atoms with E-state index < -0.39 is 11.9 Å². The van der Waals surface area contributed by atoms with Gasteiger partial charge in [-0.15, -0.1) is 0 Å². The summed E-state index contributed by atoms with van der Waals surface area (Å²) in [5.74, 6) is -0.959. The van der Waals surface area contributed by atoms with Crippen molar-refractivity contribution in [3.8, 4) is 0 Å². The molecule has 5 heteroatoms. The Kier molecular flexibility index (Phi) is 6.02. The molecule has 14 heavy (non-hydrogen) atoms. The van der Waals surface area contributed by atoms with E-state index in [9.17, 15) is 9.59 Å². The van der Waals surface area contributed by atoms with Gasteiger partial charge in [0.05, 0.1) is 12.3 Å². The van der Waals surface area contributed by atoms with E-state index in [0.717, 1.165) is 0 Å². The van der Waals surface area contributed by atoms with Crippen molar-refractivity contribution >= 4 is 17.7 Å². The molecule has 0 aromatic carbocycles. The summed E-state index contributed by atoms with van der Waals surface area (Å²) in [7, 11) is 0. The SMILES string of the molecule is CCOC(=O)/C=C/C(C)=N/OC(C)=O. The Bertz CT molecular complexity index is 268. The molecule has 0 aliphatic rings. The normalized spacial score (nSPS) is 11.5. The summed E-state index contributed by atoms with van der Waals surface area (Å²) in [6, 6.07) is 0. The first-order chi connectivity index (χ1) is 6.56. The van der Waals surface area contributed by atoms with E-state index in [4.69, 9.17) is 0 Å². The van der Waals surface area contributed by atoms with Crippen LogP contribution in [0, 0.1) is 0 Å². The van der Waals surface area contributed by atoms with Gasteiger partial charge in [0.25, 0.3) is 0 Å². The lowest BCUT2D eigenvalue weighted by Gasteiger charge is -1.94. The summed E-state index contributed by atoms with van der Waals surface area (Å²) >= 11 is 0. The van der Waals surface area contributed by atoms with Gasteiger partial charge in [0.2, 0.25) is 0 Å². The highest BCUT2D eigenvalue weighted by molar-refractivity contribution is 5.97. The molecule has 0 spiro atoms. The summed E-state index contributed by atoms with van der Waals surface area (Å²) in [6.45, 7) is 4.87. The molecular formula is C9H13NO4. The molecular weight excluding hydrogens is 186 g/mol. The van der Waals surface area contributed by atoms with Gasteiger partial charge in [-0.3, -0.25) is 0 Å². The first-order valence-corrected chi connectivity index (χ1v) is 4.13. The lowest BCUT2D eigenvalue weighted by molar-refractivity contribution is -0.141. The summed E-state index contributed by atoms with van der Waals surface area (Å²) in [6.07, 6.45) is 2.62. The number of hydrogen-bond acceptors (Lipinski definition) is 5. The van der Waals surface area contributed by atoms with Crippen LogP contribution in [-0.4, -0.2) is 24.3 Å². The second-order valence-electron chi connectivity index (χ2n) is 2.40. The zero-order valence-electron chi connectivity index (χ0n) is 8.44. The van der Waals surface area contributed by atoms with Gasteiger partial charge in [0.15, 0.2) is 0 Å². The van der Waals surface area contributed by atoms with Crippen LogP contribution < -0.4 is 0 Å². The van der Waals surface area contributed by atoms with Crippen LogP contribution in [0.1, 0.15) is 20.8 Å². The summed E-state index contributed by atoms with van der Waals surface area (Å²) in [4.78, 5) is 25.5. The van der Waals surface area contributed by atoms with Crippen LogP contribution in [0.3, 0.4) is 0 Å². The number of rotatable bonds is 4. The Morgan fingerprint density at radius 2 is 1.93 bits per heavy atom. The van der Waals surface area contributed by atoms with Crippen molar-refractivity contribution in [1.29, 1.82) is 0 Å². The quantitative estimate of drug-likeness (QED) is 0.223. The zero-order valence-corrected chi connectivity index (χ0v) is 8.44. The fourth-order valence-electron chi connectivity index (χ4n) is 0.546. The van der Waals surface area contributed by atoms with Gasteiger partial charge in [-0.25, -0.2) is 9.59 Å². The summed E-state index contributed by atoms with van der Waals surface area (Å²) < 4.78 is 4.63. The Morgan fingerprint density at radius 1 is 1.29 bits per heavy atom. The molecule has 0 saturated carbocycles. The molecule has 0 aromatic rings. The van der Waals surface area contributed by atoms with E-state index in [1.807, 2.05) is 0 Å². The van der Waals surface area contributed by atoms with Gasteiger partial charge in [0, 0.05) is 13.0 Å². The molecule has 0 saturated heterocycles. The highest BCUT2D eigenvalue weighted by Crippen LogP contribution is 1.87. The first-order valence-electron chi connectivity index (χ1n) is 4.13. The van der Waals surface area contributed by atoms with Crippen molar-refractivity contribution in [1.82, 2.24) is 0 Å². The maximum absolute atomic E-state index is 10.8. The van der Waals surface area contributed by atoms with Crippen LogP contribution in [0.4, 0.5) is 0 Å². The fourth-order valence-corrected chi connectivity index (χ4v) is 0.546. The number of ether oxygens (including phenoxy) is 1. The molecule has 0 amide bonds. The molecule has 0 heterocycles. The van der Waals surface area contributed by atoms with Crippen LogP contribution in [0.2, 0.25) is 0 Å². The highest BCUT2D eigenvalue weighted by Gasteiger charge is 1.94. The molecule has 0 bridgehead atoms. The van der Waals surface area contributed by atoms with Gasteiger partial charge in [-0.2, -0.15) is 0 Å². The van der Waals surface area contributed by atoms with Gasteiger partial charge in [-0.1, -0.05) is 5.16 Å². The van der Waals surface area contributed by atoms with Crippen molar-refractivity contribution in [2.45, 2.75) is 20.8 Å². The summed E-state index contributed by atoms with van der Waals surface area (Å²) in [5, 5.41) is 3.43. The minimum Gasteiger partial charge on any atom is -0.463 e.